The number of nitrogens with zero attached hydrogens (tertiary/aromatic N) is 1. The van der Waals surface area contributed by atoms with Crippen LogP contribution in [0.2, 0.25) is 5.15 Å². The third-order valence-corrected chi connectivity index (χ3v) is 4.34. The molecule has 1 aromatic carbocycles. The lowest BCUT2D eigenvalue weighted by molar-refractivity contribution is 0.553. The van der Waals surface area contributed by atoms with Crippen molar-refractivity contribution in [2.75, 3.05) is 10.5 Å². The lowest BCUT2D eigenvalue weighted by Gasteiger charge is -2.12. The Morgan fingerprint density at radius 3 is 2.57 bits per heavy atom. The molecule has 0 spiro atoms. The van der Waals surface area contributed by atoms with Crippen molar-refractivity contribution >= 4 is 33.0 Å². The van der Waals surface area contributed by atoms with Crippen LogP contribution in [0.15, 0.2) is 29.3 Å². The molecule has 0 aliphatic rings. The van der Waals surface area contributed by atoms with Crippen molar-refractivity contribution in [1.82, 2.24) is 4.98 Å². The van der Waals surface area contributed by atoms with Crippen LogP contribution < -0.4 is 10.5 Å². The monoisotopic (exact) mass is 333 g/mol. The molecule has 21 heavy (non-hydrogen) atoms. The largest absolute Gasteiger partial charge is 0.396 e. The lowest BCUT2D eigenvalue weighted by atomic mass is 10.3. The van der Waals surface area contributed by atoms with E-state index in [4.69, 9.17) is 17.3 Å². The molecule has 0 aliphatic carbocycles. The van der Waals surface area contributed by atoms with Gasteiger partial charge in [0.1, 0.15) is 16.5 Å². The molecule has 5 nitrogen and oxygen atoms in total. The van der Waals surface area contributed by atoms with Crippen LogP contribution >= 0.6 is 11.6 Å². The number of hydrogen-bond acceptors (Lipinski definition) is 4. The number of sulfonamides is 1. The van der Waals surface area contributed by atoms with Crippen LogP contribution in [0.5, 0.6) is 0 Å². The summed E-state index contributed by atoms with van der Waals surface area (Å²) in [6.45, 7) is 1.60. The van der Waals surface area contributed by atoms with Gasteiger partial charge < -0.3 is 5.73 Å². The van der Waals surface area contributed by atoms with Crippen molar-refractivity contribution in [3.05, 3.63) is 46.7 Å². The summed E-state index contributed by atoms with van der Waals surface area (Å²) in [4.78, 5) is 2.95. The van der Waals surface area contributed by atoms with Gasteiger partial charge in [0.25, 0.3) is 10.0 Å². The maximum atomic E-state index is 13.7. The van der Waals surface area contributed by atoms with E-state index in [1.165, 1.54) is 12.3 Å². The molecular weight excluding hydrogens is 324 g/mol. The van der Waals surface area contributed by atoms with Gasteiger partial charge in [0, 0.05) is 12.3 Å². The SMILES string of the molecule is Cc1ccnc(Cl)c1NS(=O)(=O)c1cc(N)c(F)cc1F. The van der Waals surface area contributed by atoms with Crippen LogP contribution in [0.1, 0.15) is 5.56 Å². The number of halogens is 3. The number of aromatic nitrogens is 1. The predicted molar refractivity (Wildman–Crippen MR) is 75.6 cm³/mol. The summed E-state index contributed by atoms with van der Waals surface area (Å²) in [6.07, 6.45) is 1.39. The molecule has 1 aromatic heterocycles. The molecule has 0 radical (unpaired) electrons. The first-order valence-electron chi connectivity index (χ1n) is 5.61. The number of aryl methyl sites for hydroxylation is 1. The van der Waals surface area contributed by atoms with Crippen molar-refractivity contribution in [1.29, 1.82) is 0 Å². The minimum absolute atomic E-state index is 0.0152. The lowest BCUT2D eigenvalue weighted by Crippen LogP contribution is -2.16. The van der Waals surface area contributed by atoms with E-state index in [2.05, 4.69) is 9.71 Å². The highest BCUT2D eigenvalue weighted by atomic mass is 35.5. The maximum absolute atomic E-state index is 13.7. The third-order valence-electron chi connectivity index (χ3n) is 2.69. The molecule has 0 atom stereocenters. The van der Waals surface area contributed by atoms with Crippen LogP contribution in [0.3, 0.4) is 0 Å². The van der Waals surface area contributed by atoms with Gasteiger partial charge in [-0.05, 0) is 24.6 Å². The van der Waals surface area contributed by atoms with Gasteiger partial charge in [-0.25, -0.2) is 22.2 Å². The van der Waals surface area contributed by atoms with Gasteiger partial charge in [-0.2, -0.15) is 0 Å². The van der Waals surface area contributed by atoms with Crippen LogP contribution in [-0.4, -0.2) is 13.4 Å². The van der Waals surface area contributed by atoms with Gasteiger partial charge >= 0.3 is 0 Å². The van der Waals surface area contributed by atoms with Crippen LogP contribution in [0.25, 0.3) is 0 Å². The fraction of sp³-hybridized carbons (Fsp3) is 0.0833. The van der Waals surface area contributed by atoms with Crippen LogP contribution in [-0.2, 0) is 10.0 Å². The van der Waals surface area contributed by atoms with Gasteiger partial charge in [0.15, 0.2) is 5.15 Å². The average Bonchev–Trinajstić information content (AvgIpc) is 2.38. The predicted octanol–water partition coefficient (Wildman–Crippen LogP) is 2.70. The molecule has 0 saturated carbocycles. The Kier molecular flexibility index (Phi) is 4.02. The van der Waals surface area contributed by atoms with Crippen LogP contribution in [0, 0.1) is 18.6 Å². The standard InChI is InChI=1S/C12H10ClF2N3O2S/c1-6-2-3-17-12(13)11(6)18-21(19,20)10-5-9(16)7(14)4-8(10)15/h2-5,18H,16H2,1H3. The average molecular weight is 334 g/mol. The smallest absolute Gasteiger partial charge is 0.265 e. The molecule has 2 aromatic rings. The summed E-state index contributed by atoms with van der Waals surface area (Å²) in [5.41, 5.74) is 5.30. The van der Waals surface area contributed by atoms with Crippen molar-refractivity contribution in [3.63, 3.8) is 0 Å². The van der Waals surface area contributed by atoms with Gasteiger partial charge in [-0.1, -0.05) is 11.6 Å². The number of nitrogens with one attached hydrogen (secondary N) is 1. The van der Waals surface area contributed by atoms with E-state index in [0.29, 0.717) is 17.7 Å². The van der Waals surface area contributed by atoms with Gasteiger partial charge in [-0.15, -0.1) is 0 Å². The number of anilines is 2. The van der Waals surface area contributed by atoms with Gasteiger partial charge in [0.05, 0.1) is 11.4 Å². The number of nitrogens with two attached hydrogens (primary N) is 1. The normalized spacial score (nSPS) is 11.4. The first-order valence-corrected chi connectivity index (χ1v) is 7.47. The Morgan fingerprint density at radius 1 is 1.29 bits per heavy atom. The molecule has 3 N–H and O–H groups in total. The zero-order chi connectivity index (χ0) is 15.8. The fourth-order valence-electron chi connectivity index (χ4n) is 1.59. The van der Waals surface area contributed by atoms with E-state index in [-0.39, 0.29) is 10.8 Å². The quantitative estimate of drug-likeness (QED) is 0.668. The summed E-state index contributed by atoms with van der Waals surface area (Å²) in [5, 5.41) is -0.0888. The summed E-state index contributed by atoms with van der Waals surface area (Å²) < 4.78 is 53.2. The molecular formula is C12H10ClF2N3O2S. The molecule has 0 fully saturated rings. The number of benzene rings is 1. The van der Waals surface area contributed by atoms with Crippen molar-refractivity contribution in [2.45, 2.75) is 11.8 Å². The van der Waals surface area contributed by atoms with E-state index in [1.54, 1.807) is 6.92 Å². The third kappa shape index (κ3) is 3.06. The van der Waals surface area contributed by atoms with E-state index >= 15 is 0 Å². The molecule has 9 heteroatoms. The summed E-state index contributed by atoms with van der Waals surface area (Å²) in [7, 11) is -4.32. The van der Waals surface area contributed by atoms with Gasteiger partial charge in [0.2, 0.25) is 0 Å². The zero-order valence-electron chi connectivity index (χ0n) is 10.7. The van der Waals surface area contributed by atoms with E-state index in [9.17, 15) is 17.2 Å². The summed E-state index contributed by atoms with van der Waals surface area (Å²) in [5.74, 6) is -2.30. The number of pyridine rings is 1. The topological polar surface area (TPSA) is 85.1 Å². The minimum Gasteiger partial charge on any atom is -0.396 e. The second-order valence-corrected chi connectivity index (χ2v) is 6.21. The molecule has 0 aliphatic heterocycles. The zero-order valence-corrected chi connectivity index (χ0v) is 12.3. The Morgan fingerprint density at radius 2 is 1.95 bits per heavy atom. The van der Waals surface area contributed by atoms with Gasteiger partial charge in [-0.3, -0.25) is 4.72 Å². The summed E-state index contributed by atoms with van der Waals surface area (Å²) in [6, 6.07) is 2.63. The highest BCUT2D eigenvalue weighted by molar-refractivity contribution is 7.92. The van der Waals surface area contributed by atoms with Crippen molar-refractivity contribution < 1.29 is 17.2 Å². The summed E-state index contributed by atoms with van der Waals surface area (Å²) >= 11 is 5.80. The van der Waals surface area contributed by atoms with Crippen molar-refractivity contribution in [2.24, 2.45) is 0 Å². The number of hydrogen-bond donors (Lipinski definition) is 2. The molecule has 0 unspecified atom stereocenters. The molecule has 112 valence electrons. The molecule has 0 amide bonds. The molecule has 0 bridgehead atoms. The molecule has 2 rings (SSSR count). The Balaban J connectivity index is 2.51. The minimum atomic E-state index is -4.32. The number of rotatable bonds is 3. The second-order valence-electron chi connectivity index (χ2n) is 4.20. The first kappa shape index (κ1) is 15.5. The van der Waals surface area contributed by atoms with Crippen LogP contribution in [0.4, 0.5) is 20.2 Å². The second kappa shape index (κ2) is 5.45. The Hall–Kier alpha value is -1.93. The van der Waals surface area contributed by atoms with E-state index in [1.807, 2.05) is 0 Å². The highest BCUT2D eigenvalue weighted by Crippen LogP contribution is 2.28. The molecule has 0 saturated heterocycles. The highest BCUT2D eigenvalue weighted by Gasteiger charge is 2.23. The maximum Gasteiger partial charge on any atom is 0.265 e. The van der Waals surface area contributed by atoms with Crippen molar-refractivity contribution in [3.8, 4) is 0 Å². The Labute approximate surface area is 124 Å². The Bertz CT molecular complexity index is 792. The number of nitrogen functional groups attached to an aromatic ring is 1. The first-order chi connectivity index (χ1) is 9.72. The van der Waals surface area contributed by atoms with E-state index < -0.39 is 32.2 Å². The van der Waals surface area contributed by atoms with E-state index in [0.717, 1.165) is 0 Å². The molecule has 1 heterocycles. The fourth-order valence-corrected chi connectivity index (χ4v) is 3.13.